The van der Waals surface area contributed by atoms with Crippen molar-refractivity contribution in [3.8, 4) is 0 Å². The third kappa shape index (κ3) is 4.14. The Labute approximate surface area is 176 Å². The molecule has 2 heterocycles. The molecule has 0 radical (unpaired) electrons. The van der Waals surface area contributed by atoms with Crippen LogP contribution in [0.4, 0.5) is 0 Å². The molecule has 3 aromatic rings. The molecule has 0 saturated carbocycles. The Kier molecular flexibility index (Phi) is 5.95. The molecule has 0 aliphatic carbocycles. The second-order valence-corrected chi connectivity index (χ2v) is 8.13. The maximum Gasteiger partial charge on any atom is 0.261 e. The lowest BCUT2D eigenvalue weighted by Gasteiger charge is -2.25. The van der Waals surface area contributed by atoms with Gasteiger partial charge in [-0.2, -0.15) is 0 Å². The summed E-state index contributed by atoms with van der Waals surface area (Å²) in [6.45, 7) is 1.22. The fraction of sp³-hybridized carbons (Fsp3) is 0.375. The summed E-state index contributed by atoms with van der Waals surface area (Å²) < 4.78 is 1.80. The molecule has 156 valence electrons. The summed E-state index contributed by atoms with van der Waals surface area (Å²) in [5.74, 6) is 0.677. The summed E-state index contributed by atoms with van der Waals surface area (Å²) in [5, 5.41) is 3.62. The van der Waals surface area contributed by atoms with Gasteiger partial charge in [0, 0.05) is 25.1 Å². The van der Waals surface area contributed by atoms with E-state index in [-0.39, 0.29) is 17.5 Å². The van der Waals surface area contributed by atoms with Gasteiger partial charge in [0.15, 0.2) is 0 Å². The fourth-order valence-electron chi connectivity index (χ4n) is 4.12. The predicted molar refractivity (Wildman–Crippen MR) is 119 cm³/mol. The maximum atomic E-state index is 12.9. The highest BCUT2D eigenvalue weighted by Gasteiger charge is 2.18. The van der Waals surface area contributed by atoms with Gasteiger partial charge in [-0.15, -0.1) is 0 Å². The minimum absolute atomic E-state index is 0.000563. The number of benzene rings is 2. The standard InChI is InChI=1S/C24H28N4O2/c1-27(2)21(17-9-5-3-6-10-17)16-25-23(29)18-12-13-19-20(15-18)26-22-11-7-4-8-14-28(22)24(19)30/h3,5-6,9-10,12-13,15,21H,4,7-8,11,14,16H2,1-2H3,(H,25,29). The van der Waals surface area contributed by atoms with Gasteiger partial charge in [-0.3, -0.25) is 14.2 Å². The van der Waals surface area contributed by atoms with E-state index in [1.54, 1.807) is 22.8 Å². The highest BCUT2D eigenvalue weighted by molar-refractivity contribution is 5.97. The van der Waals surface area contributed by atoms with Crippen LogP contribution in [-0.4, -0.2) is 41.0 Å². The normalized spacial score (nSPS) is 14.9. The fourth-order valence-corrected chi connectivity index (χ4v) is 4.12. The highest BCUT2D eigenvalue weighted by Crippen LogP contribution is 2.18. The van der Waals surface area contributed by atoms with Crippen LogP contribution in [0.2, 0.25) is 0 Å². The monoisotopic (exact) mass is 404 g/mol. The molecule has 6 heteroatoms. The van der Waals surface area contributed by atoms with Crippen LogP contribution >= 0.6 is 0 Å². The van der Waals surface area contributed by atoms with Gasteiger partial charge < -0.3 is 10.2 Å². The van der Waals surface area contributed by atoms with Crippen molar-refractivity contribution in [1.82, 2.24) is 19.8 Å². The minimum Gasteiger partial charge on any atom is -0.350 e. The summed E-state index contributed by atoms with van der Waals surface area (Å²) in [5.41, 5.74) is 2.28. The number of carbonyl (C=O) groups excluding carboxylic acids is 1. The molecular formula is C24H28N4O2. The molecule has 1 atom stereocenters. The average molecular weight is 405 g/mol. The summed E-state index contributed by atoms with van der Waals surface area (Å²) in [4.78, 5) is 32.5. The van der Waals surface area contributed by atoms with E-state index in [0.29, 0.717) is 23.0 Å². The van der Waals surface area contributed by atoms with Crippen molar-refractivity contribution in [1.29, 1.82) is 0 Å². The van der Waals surface area contributed by atoms with E-state index in [4.69, 9.17) is 4.98 Å². The predicted octanol–water partition coefficient (Wildman–Crippen LogP) is 3.16. The van der Waals surface area contributed by atoms with E-state index in [9.17, 15) is 9.59 Å². The van der Waals surface area contributed by atoms with Crippen molar-refractivity contribution in [3.05, 3.63) is 75.8 Å². The molecule has 1 aliphatic rings. The summed E-state index contributed by atoms with van der Waals surface area (Å²) in [6, 6.07) is 15.4. The number of amides is 1. The van der Waals surface area contributed by atoms with E-state index in [0.717, 1.165) is 43.6 Å². The molecule has 6 nitrogen and oxygen atoms in total. The highest BCUT2D eigenvalue weighted by atomic mass is 16.1. The van der Waals surface area contributed by atoms with E-state index in [1.807, 2.05) is 32.3 Å². The molecule has 1 aliphatic heterocycles. The molecule has 1 unspecified atom stereocenters. The van der Waals surface area contributed by atoms with Crippen LogP contribution < -0.4 is 10.9 Å². The number of likely N-dealkylation sites (N-methyl/N-ethyl adjacent to an activating group) is 1. The van der Waals surface area contributed by atoms with Crippen LogP contribution in [0.5, 0.6) is 0 Å². The largest absolute Gasteiger partial charge is 0.350 e. The quantitative estimate of drug-likeness (QED) is 0.709. The van der Waals surface area contributed by atoms with Gasteiger partial charge in [0.05, 0.1) is 16.9 Å². The molecule has 1 amide bonds. The van der Waals surface area contributed by atoms with Gasteiger partial charge in [0.1, 0.15) is 5.82 Å². The van der Waals surface area contributed by atoms with Gasteiger partial charge in [0.2, 0.25) is 0 Å². The smallest absolute Gasteiger partial charge is 0.261 e. The number of nitrogens with zero attached hydrogens (tertiary/aromatic N) is 3. The Morgan fingerprint density at radius 1 is 1.13 bits per heavy atom. The minimum atomic E-state index is -0.156. The molecule has 0 saturated heterocycles. The van der Waals surface area contributed by atoms with E-state index < -0.39 is 0 Å². The van der Waals surface area contributed by atoms with Crippen molar-refractivity contribution in [2.75, 3.05) is 20.6 Å². The van der Waals surface area contributed by atoms with Crippen molar-refractivity contribution < 1.29 is 4.79 Å². The molecule has 1 N–H and O–H groups in total. The Hall–Kier alpha value is -2.99. The maximum absolute atomic E-state index is 12.9. The summed E-state index contributed by atoms with van der Waals surface area (Å²) in [6.07, 6.45) is 3.98. The Morgan fingerprint density at radius 3 is 2.70 bits per heavy atom. The van der Waals surface area contributed by atoms with Crippen LogP contribution in [0.15, 0.2) is 53.3 Å². The number of hydrogen-bond acceptors (Lipinski definition) is 4. The lowest BCUT2D eigenvalue weighted by molar-refractivity contribution is 0.0942. The van der Waals surface area contributed by atoms with Crippen LogP contribution in [0.3, 0.4) is 0 Å². The first-order valence-corrected chi connectivity index (χ1v) is 10.6. The van der Waals surface area contributed by atoms with Crippen LogP contribution in [0, 0.1) is 0 Å². The number of nitrogens with one attached hydrogen (secondary N) is 1. The molecular weight excluding hydrogens is 376 g/mol. The molecule has 30 heavy (non-hydrogen) atoms. The molecule has 2 aromatic carbocycles. The van der Waals surface area contributed by atoms with Gasteiger partial charge in [-0.25, -0.2) is 4.98 Å². The van der Waals surface area contributed by atoms with Crippen molar-refractivity contribution in [2.24, 2.45) is 0 Å². The van der Waals surface area contributed by atoms with Crippen LogP contribution in [-0.2, 0) is 13.0 Å². The van der Waals surface area contributed by atoms with Crippen LogP contribution in [0.25, 0.3) is 10.9 Å². The SMILES string of the molecule is CN(C)C(CNC(=O)c1ccc2c(=O)n3c(nc2c1)CCCCC3)c1ccccc1. The topological polar surface area (TPSA) is 67.2 Å². The summed E-state index contributed by atoms with van der Waals surface area (Å²) in [7, 11) is 4.01. The second-order valence-electron chi connectivity index (χ2n) is 8.13. The first-order chi connectivity index (χ1) is 14.5. The van der Waals surface area contributed by atoms with Crippen molar-refractivity contribution in [2.45, 2.75) is 38.3 Å². The number of aryl methyl sites for hydroxylation is 1. The lowest BCUT2D eigenvalue weighted by Crippen LogP contribution is -2.34. The Balaban J connectivity index is 1.57. The third-order valence-electron chi connectivity index (χ3n) is 5.84. The molecule has 0 bridgehead atoms. The molecule has 1 aromatic heterocycles. The van der Waals surface area contributed by atoms with E-state index in [1.165, 1.54) is 0 Å². The molecule has 0 fully saturated rings. The number of hydrogen-bond donors (Lipinski definition) is 1. The number of fused-ring (bicyclic) bond motifs is 2. The van der Waals surface area contributed by atoms with Gasteiger partial charge in [-0.1, -0.05) is 36.8 Å². The van der Waals surface area contributed by atoms with Gasteiger partial charge >= 0.3 is 0 Å². The number of rotatable bonds is 5. The first-order valence-electron chi connectivity index (χ1n) is 10.6. The Morgan fingerprint density at radius 2 is 1.93 bits per heavy atom. The second kappa shape index (κ2) is 8.79. The van der Waals surface area contributed by atoms with E-state index >= 15 is 0 Å². The number of aromatic nitrogens is 2. The van der Waals surface area contributed by atoms with Crippen molar-refractivity contribution in [3.63, 3.8) is 0 Å². The molecule has 0 spiro atoms. The zero-order valence-corrected chi connectivity index (χ0v) is 17.6. The van der Waals surface area contributed by atoms with Gasteiger partial charge in [-0.05, 0) is 50.7 Å². The van der Waals surface area contributed by atoms with Gasteiger partial charge in [0.25, 0.3) is 11.5 Å². The van der Waals surface area contributed by atoms with E-state index in [2.05, 4.69) is 22.3 Å². The molecule has 4 rings (SSSR count). The first kappa shape index (κ1) is 20.3. The van der Waals surface area contributed by atoms with Crippen molar-refractivity contribution >= 4 is 16.8 Å². The lowest BCUT2D eigenvalue weighted by atomic mass is 10.1. The Bertz CT molecular complexity index is 1110. The third-order valence-corrected chi connectivity index (χ3v) is 5.84. The zero-order chi connectivity index (χ0) is 21.1. The summed E-state index contributed by atoms with van der Waals surface area (Å²) >= 11 is 0. The zero-order valence-electron chi connectivity index (χ0n) is 17.6. The number of carbonyl (C=O) groups is 1. The van der Waals surface area contributed by atoms with Crippen LogP contribution in [0.1, 0.15) is 47.1 Å². The average Bonchev–Trinajstić information content (AvgIpc) is 3.00.